The number of benzene rings is 2. The second-order valence-corrected chi connectivity index (χ2v) is 6.75. The van der Waals surface area contributed by atoms with E-state index < -0.39 is 6.03 Å². The van der Waals surface area contributed by atoms with Crippen LogP contribution >= 0.6 is 0 Å². The number of fused-ring (bicyclic) bond motifs is 1. The van der Waals surface area contributed by atoms with Crippen molar-refractivity contribution in [3.63, 3.8) is 0 Å². The zero-order chi connectivity index (χ0) is 21.1. The molecule has 2 heterocycles. The largest absolute Gasteiger partial charge is 0.331 e. The zero-order valence-corrected chi connectivity index (χ0v) is 16.0. The van der Waals surface area contributed by atoms with Gasteiger partial charge in [-0.3, -0.25) is 10.4 Å². The molecule has 0 saturated carbocycles. The molecule has 0 fully saturated rings. The van der Waals surface area contributed by atoms with E-state index in [1.165, 1.54) is 12.1 Å². The molecule has 4 aromatic rings. The van der Waals surface area contributed by atoms with E-state index in [4.69, 9.17) is 5.26 Å². The standard InChI is InChI=1S/C22H17FN6O/c1-13(15-6-8-17(23)9-7-15)26-22(30)27-20-10-19-18(12-25-20)21(29-28-19)16-4-2-14(11-24)3-5-16/h2-10,12-13H,1H3,(H,28,29)(H2,25,26,27,30)/t13-/m1/s1. The molecule has 0 radical (unpaired) electrons. The number of nitrogens with zero attached hydrogens (tertiary/aromatic N) is 3. The summed E-state index contributed by atoms with van der Waals surface area (Å²) in [5.74, 6) is 0.0363. The van der Waals surface area contributed by atoms with Crippen LogP contribution < -0.4 is 10.6 Å². The van der Waals surface area contributed by atoms with Gasteiger partial charge in [0.2, 0.25) is 0 Å². The van der Waals surface area contributed by atoms with Crippen molar-refractivity contribution in [2.24, 2.45) is 0 Å². The van der Waals surface area contributed by atoms with Crippen LogP contribution in [0, 0.1) is 17.1 Å². The van der Waals surface area contributed by atoms with E-state index in [1.54, 1.807) is 36.5 Å². The molecule has 0 bridgehead atoms. The Bertz CT molecular complexity index is 1240. The second kappa shape index (κ2) is 8.01. The molecule has 2 amide bonds. The van der Waals surface area contributed by atoms with Gasteiger partial charge < -0.3 is 5.32 Å². The number of anilines is 1. The number of H-pyrrole nitrogens is 1. The summed E-state index contributed by atoms with van der Waals surface area (Å²) < 4.78 is 13.0. The number of carbonyl (C=O) groups is 1. The van der Waals surface area contributed by atoms with Crippen LogP contribution in [0.5, 0.6) is 0 Å². The summed E-state index contributed by atoms with van der Waals surface area (Å²) in [5, 5.41) is 22.5. The van der Waals surface area contributed by atoms with E-state index in [1.807, 2.05) is 19.1 Å². The van der Waals surface area contributed by atoms with E-state index in [0.29, 0.717) is 22.6 Å². The molecule has 0 aliphatic carbocycles. The lowest BCUT2D eigenvalue weighted by molar-refractivity contribution is 0.249. The van der Waals surface area contributed by atoms with Crippen LogP contribution in [0.1, 0.15) is 24.1 Å². The number of halogens is 1. The highest BCUT2D eigenvalue weighted by atomic mass is 19.1. The minimum atomic E-state index is -0.425. The maximum absolute atomic E-state index is 13.0. The number of carbonyl (C=O) groups excluding carboxylic acids is 1. The Hall–Kier alpha value is -4.25. The third-order valence-electron chi connectivity index (χ3n) is 4.69. The molecule has 4 rings (SSSR count). The van der Waals surface area contributed by atoms with Gasteiger partial charge in [0.25, 0.3) is 0 Å². The van der Waals surface area contributed by atoms with Gasteiger partial charge in [-0.25, -0.2) is 14.2 Å². The molecule has 0 aliphatic heterocycles. The van der Waals surface area contributed by atoms with E-state index >= 15 is 0 Å². The number of rotatable bonds is 4. The fourth-order valence-electron chi connectivity index (χ4n) is 3.09. The van der Waals surface area contributed by atoms with Crippen molar-refractivity contribution in [3.8, 4) is 17.3 Å². The lowest BCUT2D eigenvalue weighted by Gasteiger charge is -2.14. The number of nitrogens with one attached hydrogen (secondary N) is 3. The molecular formula is C22H17FN6O. The topological polar surface area (TPSA) is 106 Å². The van der Waals surface area contributed by atoms with Gasteiger partial charge in [-0.1, -0.05) is 24.3 Å². The molecule has 1 atom stereocenters. The number of hydrogen-bond donors (Lipinski definition) is 3. The predicted molar refractivity (Wildman–Crippen MR) is 111 cm³/mol. The Kier molecular flexibility index (Phi) is 5.09. The molecule has 0 unspecified atom stereocenters. The van der Waals surface area contributed by atoms with Crippen LogP contribution in [0.2, 0.25) is 0 Å². The molecule has 0 aliphatic rings. The maximum atomic E-state index is 13.0. The first-order valence-electron chi connectivity index (χ1n) is 9.21. The van der Waals surface area contributed by atoms with Gasteiger partial charge in [0.1, 0.15) is 17.3 Å². The van der Waals surface area contributed by atoms with E-state index in [-0.39, 0.29) is 11.9 Å². The fraction of sp³-hybridized carbons (Fsp3) is 0.0909. The maximum Gasteiger partial charge on any atom is 0.320 e. The van der Waals surface area contributed by atoms with Crippen molar-refractivity contribution in [1.29, 1.82) is 5.26 Å². The van der Waals surface area contributed by atoms with Gasteiger partial charge in [-0.2, -0.15) is 10.4 Å². The minimum Gasteiger partial charge on any atom is -0.331 e. The Balaban J connectivity index is 1.48. The van der Waals surface area contributed by atoms with Crippen molar-refractivity contribution in [3.05, 3.63) is 77.7 Å². The quantitative estimate of drug-likeness (QED) is 0.468. The van der Waals surface area contributed by atoms with Crippen LogP contribution in [0.15, 0.2) is 60.8 Å². The molecule has 7 nitrogen and oxygen atoms in total. The number of amides is 2. The first kappa shape index (κ1) is 19.1. The van der Waals surface area contributed by atoms with E-state index in [9.17, 15) is 9.18 Å². The van der Waals surface area contributed by atoms with Crippen molar-refractivity contribution in [2.75, 3.05) is 5.32 Å². The molecule has 0 spiro atoms. The highest BCUT2D eigenvalue weighted by Gasteiger charge is 2.13. The number of hydrogen-bond acceptors (Lipinski definition) is 4. The number of aromatic nitrogens is 3. The predicted octanol–water partition coefficient (Wildman–Crippen LogP) is 4.52. The molecule has 2 aromatic heterocycles. The van der Waals surface area contributed by atoms with Gasteiger partial charge in [0.05, 0.1) is 23.2 Å². The molecule has 30 heavy (non-hydrogen) atoms. The summed E-state index contributed by atoms with van der Waals surface area (Å²) in [5.41, 5.74) is 3.64. The summed E-state index contributed by atoms with van der Waals surface area (Å²) in [6, 6.07) is 16.1. The molecule has 8 heteroatoms. The number of urea groups is 1. The monoisotopic (exact) mass is 400 g/mol. The molecular weight excluding hydrogens is 383 g/mol. The summed E-state index contributed by atoms with van der Waals surface area (Å²) in [7, 11) is 0. The lowest BCUT2D eigenvalue weighted by atomic mass is 10.1. The van der Waals surface area contributed by atoms with Crippen LogP contribution in [-0.4, -0.2) is 21.2 Å². The highest BCUT2D eigenvalue weighted by Crippen LogP contribution is 2.27. The van der Waals surface area contributed by atoms with Crippen LogP contribution in [0.4, 0.5) is 15.0 Å². The third-order valence-corrected chi connectivity index (χ3v) is 4.69. The minimum absolute atomic E-state index is 0.301. The fourth-order valence-corrected chi connectivity index (χ4v) is 3.09. The first-order valence-corrected chi connectivity index (χ1v) is 9.21. The Labute approximate surface area is 171 Å². The van der Waals surface area contributed by atoms with Gasteiger partial charge in [0.15, 0.2) is 0 Å². The Morgan fingerprint density at radius 2 is 1.90 bits per heavy atom. The van der Waals surface area contributed by atoms with Crippen LogP contribution in [0.3, 0.4) is 0 Å². The lowest BCUT2D eigenvalue weighted by Crippen LogP contribution is -2.31. The summed E-state index contributed by atoms with van der Waals surface area (Å²) in [6.07, 6.45) is 1.63. The average Bonchev–Trinajstić information content (AvgIpc) is 3.17. The Morgan fingerprint density at radius 3 is 2.60 bits per heavy atom. The Morgan fingerprint density at radius 1 is 1.17 bits per heavy atom. The summed E-state index contributed by atoms with van der Waals surface area (Å²) in [4.78, 5) is 16.6. The SMILES string of the molecule is C[C@@H](NC(=O)Nc1cc2[nH]nc(-c3ccc(C#N)cc3)c2cn1)c1ccc(F)cc1. The first-order chi connectivity index (χ1) is 14.5. The van der Waals surface area contributed by atoms with Crippen molar-refractivity contribution in [1.82, 2.24) is 20.5 Å². The number of nitriles is 1. The molecule has 148 valence electrons. The highest BCUT2D eigenvalue weighted by molar-refractivity contribution is 5.95. The van der Waals surface area contributed by atoms with Crippen molar-refractivity contribution in [2.45, 2.75) is 13.0 Å². The average molecular weight is 400 g/mol. The van der Waals surface area contributed by atoms with Crippen molar-refractivity contribution >= 4 is 22.8 Å². The van der Waals surface area contributed by atoms with Gasteiger partial charge in [-0.15, -0.1) is 0 Å². The normalized spacial score (nSPS) is 11.6. The van der Waals surface area contributed by atoms with Gasteiger partial charge in [0, 0.05) is 23.2 Å². The second-order valence-electron chi connectivity index (χ2n) is 6.75. The van der Waals surface area contributed by atoms with Crippen molar-refractivity contribution < 1.29 is 9.18 Å². The van der Waals surface area contributed by atoms with E-state index in [0.717, 1.165) is 16.5 Å². The third kappa shape index (κ3) is 3.95. The summed E-state index contributed by atoms with van der Waals surface area (Å²) >= 11 is 0. The van der Waals surface area contributed by atoms with Gasteiger partial charge in [-0.05, 0) is 36.8 Å². The van der Waals surface area contributed by atoms with Gasteiger partial charge >= 0.3 is 6.03 Å². The van der Waals surface area contributed by atoms with Crippen LogP contribution in [-0.2, 0) is 0 Å². The van der Waals surface area contributed by atoms with E-state index in [2.05, 4.69) is 31.9 Å². The number of aromatic amines is 1. The zero-order valence-electron chi connectivity index (χ0n) is 16.0. The molecule has 3 N–H and O–H groups in total. The number of pyridine rings is 1. The van der Waals surface area contributed by atoms with Crippen LogP contribution in [0.25, 0.3) is 22.2 Å². The summed E-state index contributed by atoms with van der Waals surface area (Å²) in [6.45, 7) is 1.81. The smallest absolute Gasteiger partial charge is 0.320 e. The molecule has 2 aromatic carbocycles. The molecule has 0 saturated heterocycles.